The highest BCUT2D eigenvalue weighted by atomic mass is 16.2. The highest BCUT2D eigenvalue weighted by Gasteiger charge is 2.25. The van der Waals surface area contributed by atoms with Crippen LogP contribution in [0.15, 0.2) is 24.3 Å². The van der Waals surface area contributed by atoms with E-state index in [1.165, 1.54) is 19.3 Å². The average Bonchev–Trinajstić information content (AvgIpc) is 2.69. The van der Waals surface area contributed by atoms with Crippen molar-refractivity contribution in [1.29, 1.82) is 5.26 Å². The van der Waals surface area contributed by atoms with Gasteiger partial charge >= 0.3 is 6.03 Å². The standard InChI is InChI=1S/C20H26N4O2/c21-14-15-6-8-16(9-7-15)19(25)24-12-10-18(11-13-24)23-20(26)22-17-4-2-1-3-5-17/h6-9,17-18H,1-5,10-13H2,(H2,22,23,26). The number of carbonyl (C=O) groups excluding carboxylic acids is 2. The largest absolute Gasteiger partial charge is 0.338 e. The van der Waals surface area contributed by atoms with E-state index in [2.05, 4.69) is 16.7 Å². The van der Waals surface area contributed by atoms with Crippen LogP contribution in [0.1, 0.15) is 60.9 Å². The maximum atomic E-state index is 12.5. The summed E-state index contributed by atoms with van der Waals surface area (Å²) in [7, 11) is 0. The molecule has 3 rings (SSSR count). The van der Waals surface area contributed by atoms with Crippen molar-refractivity contribution in [2.24, 2.45) is 0 Å². The molecule has 6 heteroatoms. The number of rotatable bonds is 3. The first-order chi connectivity index (χ1) is 12.7. The summed E-state index contributed by atoms with van der Waals surface area (Å²) >= 11 is 0. The first kappa shape index (κ1) is 18.2. The van der Waals surface area contributed by atoms with E-state index in [0.717, 1.165) is 25.7 Å². The average molecular weight is 354 g/mol. The van der Waals surface area contributed by atoms with Gasteiger partial charge in [-0.2, -0.15) is 5.26 Å². The number of nitrogens with one attached hydrogen (secondary N) is 2. The minimum absolute atomic E-state index is 0.0143. The summed E-state index contributed by atoms with van der Waals surface area (Å²) in [4.78, 5) is 26.5. The van der Waals surface area contributed by atoms with Crippen molar-refractivity contribution in [1.82, 2.24) is 15.5 Å². The summed E-state index contributed by atoms with van der Waals surface area (Å²) in [5.41, 5.74) is 1.15. The van der Waals surface area contributed by atoms with Gasteiger partial charge in [-0.25, -0.2) is 4.79 Å². The van der Waals surface area contributed by atoms with Gasteiger partial charge in [0.1, 0.15) is 0 Å². The van der Waals surface area contributed by atoms with Gasteiger partial charge in [0, 0.05) is 30.7 Å². The van der Waals surface area contributed by atoms with Gasteiger partial charge in [0.25, 0.3) is 5.91 Å². The van der Waals surface area contributed by atoms with Crippen molar-refractivity contribution in [2.75, 3.05) is 13.1 Å². The topological polar surface area (TPSA) is 85.2 Å². The van der Waals surface area contributed by atoms with Gasteiger partial charge in [-0.15, -0.1) is 0 Å². The zero-order chi connectivity index (χ0) is 18.4. The number of likely N-dealkylation sites (tertiary alicyclic amines) is 1. The maximum absolute atomic E-state index is 12.5. The number of piperidine rings is 1. The second-order valence-corrected chi connectivity index (χ2v) is 7.21. The molecule has 0 radical (unpaired) electrons. The molecule has 1 aromatic rings. The number of hydrogen-bond donors (Lipinski definition) is 2. The van der Waals surface area contributed by atoms with Crippen LogP contribution in [0, 0.1) is 11.3 Å². The number of carbonyl (C=O) groups is 2. The first-order valence-electron chi connectivity index (χ1n) is 9.52. The zero-order valence-electron chi connectivity index (χ0n) is 15.0. The van der Waals surface area contributed by atoms with Crippen LogP contribution in [0.2, 0.25) is 0 Å². The Morgan fingerprint density at radius 1 is 0.923 bits per heavy atom. The van der Waals surface area contributed by atoms with E-state index < -0.39 is 0 Å². The Morgan fingerprint density at radius 2 is 1.50 bits per heavy atom. The Labute approximate surface area is 154 Å². The smallest absolute Gasteiger partial charge is 0.315 e. The van der Waals surface area contributed by atoms with Crippen molar-refractivity contribution in [3.05, 3.63) is 35.4 Å². The third-order valence-corrected chi connectivity index (χ3v) is 5.32. The maximum Gasteiger partial charge on any atom is 0.315 e. The predicted octanol–water partition coefficient (Wildman–Crippen LogP) is 2.79. The minimum atomic E-state index is -0.0752. The first-order valence-corrected chi connectivity index (χ1v) is 9.52. The number of amides is 3. The lowest BCUT2D eigenvalue weighted by Gasteiger charge is -2.33. The van der Waals surface area contributed by atoms with Gasteiger partial charge in [-0.1, -0.05) is 19.3 Å². The number of urea groups is 1. The van der Waals surface area contributed by atoms with Crippen molar-refractivity contribution >= 4 is 11.9 Å². The van der Waals surface area contributed by atoms with Crippen LogP contribution in [-0.2, 0) is 0 Å². The van der Waals surface area contributed by atoms with Gasteiger partial charge in [-0.05, 0) is 49.9 Å². The van der Waals surface area contributed by atoms with E-state index >= 15 is 0 Å². The van der Waals surface area contributed by atoms with Crippen molar-refractivity contribution in [3.8, 4) is 6.07 Å². The number of hydrogen-bond acceptors (Lipinski definition) is 3. The third-order valence-electron chi connectivity index (χ3n) is 5.32. The fourth-order valence-electron chi connectivity index (χ4n) is 3.76. The monoisotopic (exact) mass is 354 g/mol. The van der Waals surface area contributed by atoms with E-state index in [1.807, 2.05) is 4.90 Å². The van der Waals surface area contributed by atoms with E-state index in [4.69, 9.17) is 5.26 Å². The molecule has 6 nitrogen and oxygen atoms in total. The molecular weight excluding hydrogens is 328 g/mol. The molecule has 26 heavy (non-hydrogen) atoms. The molecule has 1 aliphatic carbocycles. The molecule has 1 heterocycles. The van der Waals surface area contributed by atoms with Crippen molar-refractivity contribution < 1.29 is 9.59 Å². The second-order valence-electron chi connectivity index (χ2n) is 7.21. The van der Waals surface area contributed by atoms with E-state index in [-0.39, 0.29) is 18.0 Å². The summed E-state index contributed by atoms with van der Waals surface area (Å²) in [5.74, 6) is -0.0143. The molecule has 0 aromatic heterocycles. The van der Waals surface area contributed by atoms with Gasteiger partial charge in [0.2, 0.25) is 0 Å². The molecule has 1 saturated carbocycles. The van der Waals surface area contributed by atoms with Crippen LogP contribution in [0.3, 0.4) is 0 Å². The Kier molecular flexibility index (Phi) is 6.11. The van der Waals surface area contributed by atoms with Crippen LogP contribution in [0.5, 0.6) is 0 Å². The summed E-state index contributed by atoms with van der Waals surface area (Å²) in [6, 6.07) is 9.12. The van der Waals surface area contributed by atoms with E-state index in [0.29, 0.717) is 30.3 Å². The quantitative estimate of drug-likeness (QED) is 0.875. The van der Waals surface area contributed by atoms with Gasteiger partial charge in [-0.3, -0.25) is 4.79 Å². The van der Waals surface area contributed by atoms with Gasteiger partial charge in [0.15, 0.2) is 0 Å². The fourth-order valence-corrected chi connectivity index (χ4v) is 3.76. The van der Waals surface area contributed by atoms with Gasteiger partial charge < -0.3 is 15.5 Å². The molecule has 0 bridgehead atoms. The number of nitriles is 1. The molecule has 0 atom stereocenters. The minimum Gasteiger partial charge on any atom is -0.338 e. The van der Waals surface area contributed by atoms with E-state index in [9.17, 15) is 9.59 Å². The Balaban J connectivity index is 1.43. The third kappa shape index (κ3) is 4.75. The molecule has 0 spiro atoms. The molecule has 2 aliphatic rings. The molecule has 0 unspecified atom stereocenters. The highest BCUT2D eigenvalue weighted by molar-refractivity contribution is 5.94. The number of benzene rings is 1. The van der Waals surface area contributed by atoms with Crippen molar-refractivity contribution in [3.63, 3.8) is 0 Å². The normalized spacial score (nSPS) is 18.8. The van der Waals surface area contributed by atoms with Crippen LogP contribution in [-0.4, -0.2) is 42.0 Å². The summed E-state index contributed by atoms with van der Waals surface area (Å²) < 4.78 is 0. The van der Waals surface area contributed by atoms with Crippen LogP contribution in [0.25, 0.3) is 0 Å². The second kappa shape index (κ2) is 8.70. The summed E-state index contributed by atoms with van der Waals surface area (Å²) in [6.45, 7) is 1.26. The highest BCUT2D eigenvalue weighted by Crippen LogP contribution is 2.18. The summed E-state index contributed by atoms with van der Waals surface area (Å²) in [6.07, 6.45) is 7.34. The van der Waals surface area contributed by atoms with Crippen LogP contribution < -0.4 is 10.6 Å². The Bertz CT molecular complexity index is 666. The fraction of sp³-hybridized carbons (Fsp3) is 0.550. The molecule has 3 amide bonds. The molecule has 2 N–H and O–H groups in total. The predicted molar refractivity (Wildman–Crippen MR) is 98.6 cm³/mol. The lowest BCUT2D eigenvalue weighted by molar-refractivity contribution is 0.0708. The molecular formula is C20H26N4O2. The zero-order valence-corrected chi connectivity index (χ0v) is 15.0. The van der Waals surface area contributed by atoms with Crippen LogP contribution >= 0.6 is 0 Å². The molecule has 1 aromatic carbocycles. The van der Waals surface area contributed by atoms with Gasteiger partial charge in [0.05, 0.1) is 11.6 Å². The molecule has 1 saturated heterocycles. The molecule has 138 valence electrons. The Morgan fingerprint density at radius 3 is 2.08 bits per heavy atom. The molecule has 1 aliphatic heterocycles. The van der Waals surface area contributed by atoms with Crippen molar-refractivity contribution in [2.45, 2.75) is 57.0 Å². The lowest BCUT2D eigenvalue weighted by atomic mass is 9.96. The van der Waals surface area contributed by atoms with E-state index in [1.54, 1.807) is 24.3 Å². The molecule has 2 fully saturated rings. The lowest BCUT2D eigenvalue weighted by Crippen LogP contribution is -2.51. The van der Waals surface area contributed by atoms with Crippen LogP contribution in [0.4, 0.5) is 4.79 Å². The SMILES string of the molecule is N#Cc1ccc(C(=O)N2CCC(NC(=O)NC3CCCCC3)CC2)cc1. The number of nitrogens with zero attached hydrogens (tertiary/aromatic N) is 2. The summed E-state index contributed by atoms with van der Waals surface area (Å²) in [5, 5.41) is 15.0. The Hall–Kier alpha value is -2.55.